The molecule has 11 heteroatoms. The van der Waals surface area contributed by atoms with Crippen molar-refractivity contribution in [2.45, 2.75) is 17.3 Å². The number of anilines is 1. The lowest BCUT2D eigenvalue weighted by Gasteiger charge is -2.19. The van der Waals surface area contributed by atoms with Gasteiger partial charge in [-0.05, 0) is 37.3 Å². The monoisotopic (exact) mass is 457 g/mol. The Hall–Kier alpha value is -3.60. The summed E-state index contributed by atoms with van der Waals surface area (Å²) >= 11 is 1.20. The van der Waals surface area contributed by atoms with Gasteiger partial charge in [-0.1, -0.05) is 11.8 Å². The van der Waals surface area contributed by atoms with Gasteiger partial charge in [0.1, 0.15) is 13.2 Å². The molecule has 0 saturated carbocycles. The van der Waals surface area contributed by atoms with Crippen molar-refractivity contribution in [1.82, 2.24) is 14.9 Å². The highest BCUT2D eigenvalue weighted by Gasteiger charge is 2.21. The summed E-state index contributed by atoms with van der Waals surface area (Å²) < 4.78 is 23.0. The van der Waals surface area contributed by atoms with Crippen molar-refractivity contribution in [3.63, 3.8) is 0 Å². The summed E-state index contributed by atoms with van der Waals surface area (Å²) in [5.41, 5.74) is 1.32. The van der Waals surface area contributed by atoms with Gasteiger partial charge in [0, 0.05) is 17.3 Å². The fraction of sp³-hybridized carbons (Fsp3) is 0.286. The maximum Gasteiger partial charge on any atom is 0.237 e. The zero-order chi connectivity index (χ0) is 22.7. The number of nitrogens with zero attached hydrogens (tertiary/aromatic N) is 3. The van der Waals surface area contributed by atoms with E-state index in [0.717, 1.165) is 0 Å². The van der Waals surface area contributed by atoms with Crippen molar-refractivity contribution in [1.29, 1.82) is 0 Å². The van der Waals surface area contributed by atoms with Crippen LogP contribution >= 0.6 is 11.8 Å². The van der Waals surface area contributed by atoms with Crippen LogP contribution in [0.4, 0.5) is 5.69 Å². The first-order valence-corrected chi connectivity index (χ1v) is 10.7. The fourth-order valence-electron chi connectivity index (χ4n) is 3.11. The second kappa shape index (κ2) is 9.27. The van der Waals surface area contributed by atoms with Gasteiger partial charge in [0.05, 0.1) is 19.5 Å². The Kier molecular flexibility index (Phi) is 6.26. The van der Waals surface area contributed by atoms with Gasteiger partial charge in [-0.15, -0.1) is 10.2 Å². The third-order valence-electron chi connectivity index (χ3n) is 4.77. The molecule has 3 aromatic rings. The molecular formula is C21H23N5O5S. The molecule has 1 atom stereocenters. The molecule has 0 saturated heterocycles. The number of hydrogen-bond donors (Lipinski definition) is 2. The lowest BCUT2D eigenvalue weighted by atomic mass is 10.2. The standard InChI is InChI=1S/C21H23N5O5S/c1-12(20(27)23-14-5-7-16-18(11-14)31-9-8-30-16)32-21-25-24-19(26(21)22)13-4-6-15(28-2)17(10-13)29-3/h4-7,10-12H,8-9,22H2,1-3H3,(H,23,27). The molecule has 0 spiro atoms. The summed E-state index contributed by atoms with van der Waals surface area (Å²) in [5, 5.41) is 11.1. The number of ether oxygens (including phenoxy) is 4. The van der Waals surface area contributed by atoms with Crippen molar-refractivity contribution in [3.8, 4) is 34.4 Å². The molecule has 0 bridgehead atoms. The van der Waals surface area contributed by atoms with E-state index in [4.69, 9.17) is 24.8 Å². The zero-order valence-electron chi connectivity index (χ0n) is 17.8. The number of nitrogens with two attached hydrogens (primary N) is 1. The molecule has 4 rings (SSSR count). The molecule has 168 valence electrons. The molecule has 1 aliphatic rings. The van der Waals surface area contributed by atoms with Crippen molar-refractivity contribution < 1.29 is 23.7 Å². The molecule has 1 aromatic heterocycles. The topological polar surface area (TPSA) is 123 Å². The third kappa shape index (κ3) is 4.37. The minimum absolute atomic E-state index is 0.206. The Morgan fingerprint density at radius 1 is 1.09 bits per heavy atom. The van der Waals surface area contributed by atoms with Gasteiger partial charge >= 0.3 is 0 Å². The molecule has 2 aromatic carbocycles. The van der Waals surface area contributed by atoms with Crippen LogP contribution in [-0.2, 0) is 4.79 Å². The molecule has 3 N–H and O–H groups in total. The number of aromatic nitrogens is 3. The van der Waals surface area contributed by atoms with Crippen LogP contribution in [0.25, 0.3) is 11.4 Å². The van der Waals surface area contributed by atoms with Crippen molar-refractivity contribution in [2.75, 3.05) is 38.6 Å². The van der Waals surface area contributed by atoms with E-state index in [1.807, 2.05) is 0 Å². The first-order chi connectivity index (χ1) is 15.5. The maximum atomic E-state index is 12.7. The second-order valence-corrected chi connectivity index (χ2v) is 8.16. The first kappa shape index (κ1) is 21.6. The number of nitrogen functional groups attached to an aromatic ring is 1. The summed E-state index contributed by atoms with van der Waals surface area (Å²) in [4.78, 5) is 12.7. The van der Waals surface area contributed by atoms with E-state index in [1.54, 1.807) is 57.5 Å². The summed E-state index contributed by atoms with van der Waals surface area (Å²) in [6.07, 6.45) is 0. The Morgan fingerprint density at radius 2 is 1.84 bits per heavy atom. The molecular weight excluding hydrogens is 434 g/mol. The van der Waals surface area contributed by atoms with Gasteiger partial charge in [0.25, 0.3) is 0 Å². The summed E-state index contributed by atoms with van der Waals surface area (Å²) in [7, 11) is 3.12. The van der Waals surface area contributed by atoms with Gasteiger partial charge in [-0.25, -0.2) is 4.68 Å². The number of methoxy groups -OCH3 is 2. The van der Waals surface area contributed by atoms with E-state index in [1.165, 1.54) is 16.4 Å². The molecule has 0 radical (unpaired) electrons. The molecule has 0 aliphatic carbocycles. The molecule has 1 amide bonds. The minimum Gasteiger partial charge on any atom is -0.493 e. The average Bonchev–Trinajstić information content (AvgIpc) is 3.18. The highest BCUT2D eigenvalue weighted by atomic mass is 32.2. The number of carbonyl (C=O) groups excluding carboxylic acids is 1. The van der Waals surface area contributed by atoms with Gasteiger partial charge in [0.15, 0.2) is 28.8 Å². The minimum atomic E-state index is -0.479. The number of benzene rings is 2. The van der Waals surface area contributed by atoms with E-state index in [9.17, 15) is 4.79 Å². The highest BCUT2D eigenvalue weighted by molar-refractivity contribution is 8.00. The summed E-state index contributed by atoms with van der Waals surface area (Å²) in [6.45, 7) is 2.76. The Balaban J connectivity index is 1.45. The highest BCUT2D eigenvalue weighted by Crippen LogP contribution is 2.34. The Bertz CT molecular complexity index is 1140. The average molecular weight is 458 g/mol. The van der Waals surface area contributed by atoms with Crippen LogP contribution in [0.2, 0.25) is 0 Å². The number of nitrogens with one attached hydrogen (secondary N) is 1. The van der Waals surface area contributed by atoms with Crippen LogP contribution in [0, 0.1) is 0 Å². The normalized spacial score (nSPS) is 13.3. The van der Waals surface area contributed by atoms with E-state index in [2.05, 4.69) is 15.5 Å². The molecule has 32 heavy (non-hydrogen) atoms. The van der Waals surface area contributed by atoms with Crippen LogP contribution in [-0.4, -0.2) is 53.5 Å². The van der Waals surface area contributed by atoms with Crippen molar-refractivity contribution in [2.24, 2.45) is 0 Å². The van der Waals surface area contributed by atoms with Gasteiger partial charge < -0.3 is 30.1 Å². The SMILES string of the molecule is COc1ccc(-c2nnc(SC(C)C(=O)Nc3ccc4c(c3)OCCO4)n2N)cc1OC. The van der Waals surface area contributed by atoms with E-state index < -0.39 is 5.25 Å². The first-order valence-electron chi connectivity index (χ1n) is 9.80. The zero-order valence-corrected chi connectivity index (χ0v) is 18.6. The van der Waals surface area contributed by atoms with Crippen LogP contribution in [0.15, 0.2) is 41.6 Å². The summed E-state index contributed by atoms with van der Waals surface area (Å²) in [6, 6.07) is 10.6. The smallest absolute Gasteiger partial charge is 0.237 e. The number of thioether (sulfide) groups is 1. The molecule has 1 aliphatic heterocycles. The van der Waals surface area contributed by atoms with Gasteiger partial charge in [-0.2, -0.15) is 0 Å². The molecule has 2 heterocycles. The quantitative estimate of drug-likeness (QED) is 0.407. The number of fused-ring (bicyclic) bond motifs is 1. The maximum absolute atomic E-state index is 12.7. The Labute approximate surface area is 189 Å². The molecule has 0 fully saturated rings. The largest absolute Gasteiger partial charge is 0.493 e. The number of carbonyl (C=O) groups is 1. The predicted octanol–water partition coefficient (Wildman–Crippen LogP) is 2.57. The number of amides is 1. The van der Waals surface area contributed by atoms with E-state index >= 15 is 0 Å². The van der Waals surface area contributed by atoms with Gasteiger partial charge in [-0.3, -0.25) is 4.79 Å². The van der Waals surface area contributed by atoms with Crippen molar-refractivity contribution in [3.05, 3.63) is 36.4 Å². The van der Waals surface area contributed by atoms with Crippen LogP contribution in [0.3, 0.4) is 0 Å². The summed E-state index contributed by atoms with van der Waals surface area (Å²) in [5.74, 6) is 8.86. The van der Waals surface area contributed by atoms with Crippen LogP contribution < -0.4 is 30.1 Å². The lowest BCUT2D eigenvalue weighted by molar-refractivity contribution is -0.115. The lowest BCUT2D eigenvalue weighted by Crippen LogP contribution is -2.24. The van der Waals surface area contributed by atoms with Crippen LogP contribution in [0.1, 0.15) is 6.92 Å². The van der Waals surface area contributed by atoms with Crippen molar-refractivity contribution >= 4 is 23.4 Å². The van der Waals surface area contributed by atoms with Crippen LogP contribution in [0.5, 0.6) is 23.0 Å². The van der Waals surface area contributed by atoms with E-state index in [-0.39, 0.29) is 5.91 Å². The number of rotatable bonds is 7. The Morgan fingerprint density at radius 3 is 2.59 bits per heavy atom. The molecule has 1 unspecified atom stereocenters. The third-order valence-corrected chi connectivity index (χ3v) is 5.82. The number of hydrogen-bond acceptors (Lipinski definition) is 9. The fourth-order valence-corrected chi connectivity index (χ4v) is 3.88. The molecule has 10 nitrogen and oxygen atoms in total. The second-order valence-electron chi connectivity index (χ2n) is 6.85. The van der Waals surface area contributed by atoms with Gasteiger partial charge in [0.2, 0.25) is 11.1 Å². The van der Waals surface area contributed by atoms with E-state index in [0.29, 0.717) is 58.4 Å². The predicted molar refractivity (Wildman–Crippen MR) is 120 cm³/mol.